The normalized spacial score (nSPS) is 21.3. The van der Waals surface area contributed by atoms with E-state index in [9.17, 15) is 9.59 Å². The van der Waals surface area contributed by atoms with Crippen LogP contribution in [0.2, 0.25) is 0 Å². The molecule has 0 aromatic rings. The molecule has 1 N–H and O–H groups in total. The third-order valence-corrected chi connectivity index (χ3v) is 4.53. The van der Waals surface area contributed by atoms with Gasteiger partial charge in [0.25, 0.3) is 0 Å². The first-order valence-electron chi connectivity index (χ1n) is 6.79. The SMILES string of the molecule is CCCNC(=O)C1COCCN1C(=O)C(Br)C(C)C. The van der Waals surface area contributed by atoms with Gasteiger partial charge in [-0.2, -0.15) is 0 Å². The second kappa shape index (κ2) is 7.85. The fourth-order valence-electron chi connectivity index (χ4n) is 1.89. The first kappa shape index (κ1) is 16.4. The molecule has 0 aliphatic carbocycles. The highest BCUT2D eigenvalue weighted by Crippen LogP contribution is 2.18. The minimum atomic E-state index is -0.508. The summed E-state index contributed by atoms with van der Waals surface area (Å²) >= 11 is 3.41. The van der Waals surface area contributed by atoms with Crippen molar-refractivity contribution >= 4 is 27.7 Å². The second-order valence-electron chi connectivity index (χ2n) is 5.06. The maximum atomic E-state index is 12.4. The minimum absolute atomic E-state index is 0.0325. The number of morpholine rings is 1. The number of ether oxygens (including phenoxy) is 1. The summed E-state index contributed by atoms with van der Waals surface area (Å²) in [5.74, 6) is 0.0306. The summed E-state index contributed by atoms with van der Waals surface area (Å²) in [6, 6.07) is -0.508. The number of nitrogens with one attached hydrogen (secondary N) is 1. The largest absolute Gasteiger partial charge is 0.377 e. The van der Waals surface area contributed by atoms with E-state index in [1.54, 1.807) is 4.90 Å². The zero-order chi connectivity index (χ0) is 14.4. The lowest BCUT2D eigenvalue weighted by atomic mass is 10.1. The minimum Gasteiger partial charge on any atom is -0.377 e. The molecule has 0 saturated carbocycles. The van der Waals surface area contributed by atoms with Crippen LogP contribution in [0, 0.1) is 5.92 Å². The summed E-state index contributed by atoms with van der Waals surface area (Å²) in [5, 5.41) is 2.83. The van der Waals surface area contributed by atoms with E-state index in [1.165, 1.54) is 0 Å². The van der Waals surface area contributed by atoms with Crippen molar-refractivity contribution in [3.05, 3.63) is 0 Å². The monoisotopic (exact) mass is 334 g/mol. The van der Waals surface area contributed by atoms with Crippen molar-refractivity contribution in [2.45, 2.75) is 38.1 Å². The van der Waals surface area contributed by atoms with Gasteiger partial charge in [-0.15, -0.1) is 0 Å². The van der Waals surface area contributed by atoms with Crippen molar-refractivity contribution in [2.24, 2.45) is 5.92 Å². The van der Waals surface area contributed by atoms with Crippen LogP contribution < -0.4 is 5.32 Å². The van der Waals surface area contributed by atoms with Crippen LogP contribution >= 0.6 is 15.9 Å². The van der Waals surface area contributed by atoms with Crippen molar-refractivity contribution in [3.8, 4) is 0 Å². The second-order valence-corrected chi connectivity index (χ2v) is 6.05. The summed E-state index contributed by atoms with van der Waals surface area (Å²) in [7, 11) is 0. The van der Waals surface area contributed by atoms with Crippen molar-refractivity contribution in [1.82, 2.24) is 10.2 Å². The summed E-state index contributed by atoms with van der Waals surface area (Å²) in [4.78, 5) is 25.8. The Hall–Kier alpha value is -0.620. The topological polar surface area (TPSA) is 58.6 Å². The average molecular weight is 335 g/mol. The van der Waals surface area contributed by atoms with Crippen molar-refractivity contribution < 1.29 is 14.3 Å². The number of rotatable bonds is 5. The number of halogens is 1. The number of hydrogen-bond acceptors (Lipinski definition) is 3. The molecule has 0 spiro atoms. The average Bonchev–Trinajstić information content (AvgIpc) is 2.42. The summed E-state index contributed by atoms with van der Waals surface area (Å²) in [6.45, 7) is 7.80. The third-order valence-electron chi connectivity index (χ3n) is 3.08. The Morgan fingerprint density at radius 2 is 2.16 bits per heavy atom. The van der Waals surface area contributed by atoms with Crippen LogP contribution in [-0.4, -0.2) is 53.9 Å². The van der Waals surface area contributed by atoms with E-state index in [0.29, 0.717) is 19.7 Å². The molecule has 0 bridgehead atoms. The molecular weight excluding hydrogens is 312 g/mol. The van der Waals surface area contributed by atoms with Gasteiger partial charge in [0.15, 0.2) is 0 Å². The molecule has 1 rings (SSSR count). The molecule has 1 fully saturated rings. The molecule has 2 amide bonds. The molecule has 19 heavy (non-hydrogen) atoms. The van der Waals surface area contributed by atoms with Gasteiger partial charge >= 0.3 is 0 Å². The Bertz CT molecular complexity index is 323. The maximum absolute atomic E-state index is 12.4. The molecule has 6 heteroatoms. The number of alkyl halides is 1. The quantitative estimate of drug-likeness (QED) is 0.767. The fourth-order valence-corrected chi connectivity index (χ4v) is 2.16. The highest BCUT2D eigenvalue weighted by molar-refractivity contribution is 9.10. The number of amides is 2. The Balaban J connectivity index is 2.71. The molecule has 0 radical (unpaired) electrons. The molecule has 0 aromatic heterocycles. The van der Waals surface area contributed by atoms with E-state index in [2.05, 4.69) is 21.2 Å². The fraction of sp³-hybridized carbons (Fsp3) is 0.846. The highest BCUT2D eigenvalue weighted by atomic mass is 79.9. The molecular formula is C13H23BrN2O3. The standard InChI is InChI=1S/C13H23BrN2O3/c1-4-5-15-12(17)10-8-19-7-6-16(10)13(18)11(14)9(2)3/h9-11H,4-8H2,1-3H3,(H,15,17). The van der Waals surface area contributed by atoms with Crippen LogP contribution in [0.5, 0.6) is 0 Å². The van der Waals surface area contributed by atoms with Crippen molar-refractivity contribution in [1.29, 1.82) is 0 Å². The van der Waals surface area contributed by atoms with E-state index in [4.69, 9.17) is 4.74 Å². The van der Waals surface area contributed by atoms with Gasteiger partial charge in [-0.3, -0.25) is 9.59 Å². The first-order valence-corrected chi connectivity index (χ1v) is 7.70. The molecule has 5 nitrogen and oxygen atoms in total. The Morgan fingerprint density at radius 1 is 1.47 bits per heavy atom. The van der Waals surface area contributed by atoms with Gasteiger partial charge in [-0.25, -0.2) is 0 Å². The zero-order valence-electron chi connectivity index (χ0n) is 11.8. The molecule has 1 heterocycles. The Labute approximate surface area is 123 Å². The molecule has 1 aliphatic heterocycles. The van der Waals surface area contributed by atoms with Gasteiger partial charge in [0.2, 0.25) is 11.8 Å². The summed E-state index contributed by atoms with van der Waals surface area (Å²) < 4.78 is 5.33. The first-order chi connectivity index (χ1) is 8.99. The smallest absolute Gasteiger partial charge is 0.245 e. The van der Waals surface area contributed by atoms with Crippen LogP contribution in [-0.2, 0) is 14.3 Å². The van der Waals surface area contributed by atoms with Crippen LogP contribution in [0.3, 0.4) is 0 Å². The Morgan fingerprint density at radius 3 is 2.74 bits per heavy atom. The molecule has 2 unspecified atom stereocenters. The Kier molecular flexibility index (Phi) is 6.79. The van der Waals surface area contributed by atoms with E-state index in [-0.39, 0.29) is 29.2 Å². The maximum Gasteiger partial charge on any atom is 0.245 e. The molecule has 110 valence electrons. The van der Waals surface area contributed by atoms with Crippen LogP contribution in [0.1, 0.15) is 27.2 Å². The molecule has 1 aliphatic rings. The lowest BCUT2D eigenvalue weighted by Gasteiger charge is -2.36. The van der Waals surface area contributed by atoms with E-state index in [0.717, 1.165) is 6.42 Å². The number of nitrogens with zero attached hydrogens (tertiary/aromatic N) is 1. The lowest BCUT2D eigenvalue weighted by Crippen LogP contribution is -2.57. The summed E-state index contributed by atoms with van der Waals surface area (Å²) in [6.07, 6.45) is 0.875. The van der Waals surface area contributed by atoms with Crippen molar-refractivity contribution in [3.63, 3.8) is 0 Å². The van der Waals surface area contributed by atoms with E-state index in [1.807, 2.05) is 20.8 Å². The predicted molar refractivity (Wildman–Crippen MR) is 77.2 cm³/mol. The van der Waals surface area contributed by atoms with Crippen LogP contribution in [0.25, 0.3) is 0 Å². The van der Waals surface area contributed by atoms with Crippen LogP contribution in [0.15, 0.2) is 0 Å². The molecule has 2 atom stereocenters. The number of carbonyl (C=O) groups is 2. The van der Waals surface area contributed by atoms with Gasteiger partial charge in [0.1, 0.15) is 6.04 Å². The number of hydrogen-bond donors (Lipinski definition) is 1. The van der Waals surface area contributed by atoms with Gasteiger partial charge < -0.3 is 15.0 Å². The van der Waals surface area contributed by atoms with Crippen LogP contribution in [0.4, 0.5) is 0 Å². The van der Waals surface area contributed by atoms with Gasteiger partial charge in [-0.1, -0.05) is 36.7 Å². The zero-order valence-corrected chi connectivity index (χ0v) is 13.4. The van der Waals surface area contributed by atoms with E-state index >= 15 is 0 Å². The lowest BCUT2D eigenvalue weighted by molar-refractivity contribution is -0.148. The van der Waals surface area contributed by atoms with E-state index < -0.39 is 6.04 Å². The predicted octanol–water partition coefficient (Wildman–Crippen LogP) is 1.16. The third kappa shape index (κ3) is 4.45. The summed E-state index contributed by atoms with van der Waals surface area (Å²) in [5.41, 5.74) is 0. The van der Waals surface area contributed by atoms with Gasteiger partial charge in [0, 0.05) is 13.1 Å². The highest BCUT2D eigenvalue weighted by Gasteiger charge is 2.35. The molecule has 1 saturated heterocycles. The van der Waals surface area contributed by atoms with Gasteiger partial charge in [-0.05, 0) is 12.3 Å². The number of carbonyl (C=O) groups excluding carboxylic acids is 2. The molecule has 0 aromatic carbocycles. The van der Waals surface area contributed by atoms with Gasteiger partial charge in [0.05, 0.1) is 18.0 Å². The van der Waals surface area contributed by atoms with Crippen molar-refractivity contribution in [2.75, 3.05) is 26.3 Å².